The Hall–Kier alpha value is -2.32. The summed E-state index contributed by atoms with van der Waals surface area (Å²) >= 11 is 0. The third kappa shape index (κ3) is 3.63. The highest BCUT2D eigenvalue weighted by molar-refractivity contribution is 7.89. The van der Waals surface area contributed by atoms with Gasteiger partial charge in [0.05, 0.1) is 11.1 Å². The number of halogens is 1. The van der Waals surface area contributed by atoms with E-state index in [0.717, 1.165) is 40.8 Å². The number of sulfonamides is 1. The summed E-state index contributed by atoms with van der Waals surface area (Å²) in [5.74, 6) is 1.17. The molecule has 2 aromatic heterocycles. The van der Waals surface area contributed by atoms with Crippen molar-refractivity contribution in [1.82, 2.24) is 14.9 Å². The molecule has 2 heterocycles. The van der Waals surface area contributed by atoms with E-state index in [1.165, 1.54) is 13.8 Å². The minimum Gasteiger partial charge on any atom is -0.361 e. The molecule has 30 heavy (non-hydrogen) atoms. The highest BCUT2D eigenvalue weighted by atomic mass is 32.2. The molecule has 5 rings (SSSR count). The molecular weight excluding hydrogens is 405 g/mol. The second-order valence-electron chi connectivity index (χ2n) is 9.01. The van der Waals surface area contributed by atoms with Gasteiger partial charge in [-0.05, 0) is 62.8 Å². The minimum atomic E-state index is -3.92. The van der Waals surface area contributed by atoms with Crippen LogP contribution >= 0.6 is 0 Å². The first-order valence-corrected chi connectivity index (χ1v) is 11.7. The molecule has 2 aliphatic rings. The van der Waals surface area contributed by atoms with Gasteiger partial charge in [0, 0.05) is 47.1 Å². The summed E-state index contributed by atoms with van der Waals surface area (Å²) in [6.07, 6.45) is 6.73. The average molecular weight is 430 g/mol. The molecule has 1 saturated carbocycles. The van der Waals surface area contributed by atoms with E-state index in [9.17, 15) is 12.8 Å². The molecule has 1 N–H and O–H groups in total. The van der Waals surface area contributed by atoms with Gasteiger partial charge in [-0.3, -0.25) is 4.98 Å². The normalized spacial score (nSPS) is 19.4. The lowest BCUT2D eigenvalue weighted by molar-refractivity contribution is 0.221. The predicted octanol–water partition coefficient (Wildman–Crippen LogP) is 4.01. The summed E-state index contributed by atoms with van der Waals surface area (Å²) in [5, 5.41) is 5.24. The average Bonchev–Trinajstić information content (AvgIpc) is 3.22. The maximum absolute atomic E-state index is 14.1. The molecule has 8 heteroatoms. The first kappa shape index (κ1) is 19.6. The molecule has 0 saturated heterocycles. The van der Waals surface area contributed by atoms with Crippen LogP contribution in [0.2, 0.25) is 0 Å². The van der Waals surface area contributed by atoms with E-state index in [4.69, 9.17) is 4.52 Å². The van der Waals surface area contributed by atoms with Crippen LogP contribution in [-0.2, 0) is 22.9 Å². The van der Waals surface area contributed by atoms with Crippen molar-refractivity contribution in [2.75, 3.05) is 6.54 Å². The van der Waals surface area contributed by atoms with Crippen molar-refractivity contribution in [2.24, 2.45) is 0 Å². The van der Waals surface area contributed by atoms with Crippen molar-refractivity contribution in [2.45, 2.75) is 61.9 Å². The van der Waals surface area contributed by atoms with Crippen LogP contribution in [0.25, 0.3) is 10.8 Å². The maximum Gasteiger partial charge on any atom is 0.241 e. The van der Waals surface area contributed by atoms with Crippen molar-refractivity contribution in [3.63, 3.8) is 0 Å². The van der Waals surface area contributed by atoms with Gasteiger partial charge in [-0.1, -0.05) is 5.16 Å². The number of pyridine rings is 1. The quantitative estimate of drug-likeness (QED) is 0.640. The SMILES string of the molecule is CC(C)(F)CNS(=O)(=O)c1c2c(cc3cnc(C4CC4)cc13)CC(c1ccno1)C2. The number of alkyl halides is 1. The smallest absolute Gasteiger partial charge is 0.241 e. The number of rotatable bonds is 6. The van der Waals surface area contributed by atoms with Crippen LogP contribution in [0.4, 0.5) is 4.39 Å². The van der Waals surface area contributed by atoms with E-state index >= 15 is 0 Å². The molecule has 2 aliphatic carbocycles. The summed E-state index contributed by atoms with van der Waals surface area (Å²) in [5.41, 5.74) is 1.02. The summed E-state index contributed by atoms with van der Waals surface area (Å²) in [6, 6.07) is 5.76. The summed E-state index contributed by atoms with van der Waals surface area (Å²) in [6.45, 7) is 2.43. The molecule has 0 spiro atoms. The molecular formula is C22H24FN3O3S. The van der Waals surface area contributed by atoms with Gasteiger partial charge >= 0.3 is 0 Å². The molecule has 1 aromatic carbocycles. The van der Waals surface area contributed by atoms with Crippen molar-refractivity contribution in [1.29, 1.82) is 0 Å². The minimum absolute atomic E-state index is 0.0294. The van der Waals surface area contributed by atoms with Gasteiger partial charge < -0.3 is 4.52 Å². The van der Waals surface area contributed by atoms with Crippen LogP contribution in [0, 0.1) is 0 Å². The summed E-state index contributed by atoms with van der Waals surface area (Å²) < 4.78 is 48.7. The molecule has 1 fully saturated rings. The van der Waals surface area contributed by atoms with Crippen LogP contribution in [-0.4, -0.2) is 30.8 Å². The molecule has 0 radical (unpaired) electrons. The van der Waals surface area contributed by atoms with E-state index in [1.54, 1.807) is 12.4 Å². The molecule has 3 aromatic rings. The fraction of sp³-hybridized carbons (Fsp3) is 0.455. The Morgan fingerprint density at radius 2 is 2.03 bits per heavy atom. The van der Waals surface area contributed by atoms with Gasteiger partial charge in [0.15, 0.2) is 0 Å². The summed E-state index contributed by atoms with van der Waals surface area (Å²) in [4.78, 5) is 4.82. The van der Waals surface area contributed by atoms with Crippen molar-refractivity contribution < 1.29 is 17.3 Å². The molecule has 1 atom stereocenters. The lowest BCUT2D eigenvalue weighted by Crippen LogP contribution is -2.35. The largest absolute Gasteiger partial charge is 0.361 e. The Bertz CT molecular complexity index is 1210. The van der Waals surface area contributed by atoms with Gasteiger partial charge in [0.1, 0.15) is 11.4 Å². The molecule has 0 amide bonds. The highest BCUT2D eigenvalue weighted by Crippen LogP contribution is 2.43. The van der Waals surface area contributed by atoms with Gasteiger partial charge in [-0.2, -0.15) is 0 Å². The van der Waals surface area contributed by atoms with E-state index in [-0.39, 0.29) is 17.4 Å². The van der Waals surface area contributed by atoms with Gasteiger partial charge in [0.25, 0.3) is 0 Å². The second-order valence-corrected chi connectivity index (χ2v) is 10.7. The van der Waals surface area contributed by atoms with Crippen LogP contribution in [0.1, 0.15) is 61.1 Å². The number of hydrogen-bond donors (Lipinski definition) is 1. The molecule has 6 nitrogen and oxygen atoms in total. The highest BCUT2D eigenvalue weighted by Gasteiger charge is 2.34. The Labute approximate surface area is 174 Å². The first-order valence-electron chi connectivity index (χ1n) is 10.2. The van der Waals surface area contributed by atoms with Crippen molar-refractivity contribution in [3.05, 3.63) is 53.2 Å². The Morgan fingerprint density at radius 1 is 1.23 bits per heavy atom. The van der Waals surface area contributed by atoms with Crippen LogP contribution < -0.4 is 4.72 Å². The van der Waals surface area contributed by atoms with Crippen molar-refractivity contribution in [3.8, 4) is 0 Å². The standard InChI is InChI=1S/C22H24FN3O3S/c1-22(2,23)12-26-30(27,28)21-17-9-15(20-5-6-25-29-20)7-14(17)8-16-11-24-19(10-18(16)21)13-3-4-13/h5-6,8,10-11,13,15,26H,3-4,7,9,12H2,1-2H3. The van der Waals surface area contributed by atoms with E-state index in [2.05, 4.69) is 14.9 Å². The maximum atomic E-state index is 14.1. The molecule has 158 valence electrons. The fourth-order valence-corrected chi connectivity index (χ4v) is 5.94. The fourth-order valence-electron chi connectivity index (χ4n) is 4.25. The molecule has 0 bridgehead atoms. The Kier molecular flexibility index (Phi) is 4.48. The van der Waals surface area contributed by atoms with Crippen molar-refractivity contribution >= 4 is 20.8 Å². The third-order valence-electron chi connectivity index (χ3n) is 5.92. The first-order chi connectivity index (χ1) is 14.2. The van der Waals surface area contributed by atoms with Gasteiger partial charge in [0.2, 0.25) is 10.0 Å². The van der Waals surface area contributed by atoms with Crippen LogP contribution in [0.5, 0.6) is 0 Å². The van der Waals surface area contributed by atoms with Crippen LogP contribution in [0.3, 0.4) is 0 Å². The van der Waals surface area contributed by atoms with E-state index in [0.29, 0.717) is 24.1 Å². The zero-order valence-corrected chi connectivity index (χ0v) is 17.8. The Balaban J connectivity index is 1.66. The van der Waals surface area contributed by atoms with Gasteiger partial charge in [-0.15, -0.1) is 0 Å². The number of fused-ring (bicyclic) bond motifs is 2. The third-order valence-corrected chi connectivity index (χ3v) is 7.44. The van der Waals surface area contributed by atoms with Crippen LogP contribution in [0.15, 0.2) is 40.0 Å². The zero-order valence-electron chi connectivity index (χ0n) is 17.0. The lowest BCUT2D eigenvalue weighted by Gasteiger charge is -2.18. The predicted molar refractivity (Wildman–Crippen MR) is 111 cm³/mol. The number of nitrogens with zero attached hydrogens (tertiary/aromatic N) is 2. The topological polar surface area (TPSA) is 85.1 Å². The monoisotopic (exact) mass is 429 g/mol. The van der Waals surface area contributed by atoms with E-state index < -0.39 is 15.7 Å². The molecule has 0 aliphatic heterocycles. The zero-order chi connectivity index (χ0) is 21.1. The Morgan fingerprint density at radius 3 is 2.70 bits per heavy atom. The second kappa shape index (κ2) is 6.85. The number of hydrogen-bond acceptors (Lipinski definition) is 5. The number of aromatic nitrogens is 2. The number of benzene rings is 1. The number of nitrogens with one attached hydrogen (secondary N) is 1. The summed E-state index contributed by atoms with van der Waals surface area (Å²) in [7, 11) is -3.92. The van der Waals surface area contributed by atoms with E-state index in [1.807, 2.05) is 18.2 Å². The molecule has 1 unspecified atom stereocenters. The van der Waals surface area contributed by atoms with Gasteiger partial charge in [-0.25, -0.2) is 17.5 Å². The lowest BCUT2D eigenvalue weighted by atomic mass is 10.0.